The molecule has 0 atom stereocenters. The maximum absolute atomic E-state index is 11.7. The highest BCUT2D eigenvalue weighted by atomic mass is 19.1. The Morgan fingerprint density at radius 3 is 2.83 bits per heavy atom. The van der Waals surface area contributed by atoms with E-state index in [4.69, 9.17) is 0 Å². The molecule has 0 spiro atoms. The Morgan fingerprint density at radius 1 is 1.58 bits per heavy atom. The van der Waals surface area contributed by atoms with Crippen LogP contribution in [0.4, 0.5) is 4.39 Å². The van der Waals surface area contributed by atoms with Gasteiger partial charge in [-0.15, -0.1) is 0 Å². The van der Waals surface area contributed by atoms with Crippen LogP contribution in [0.15, 0.2) is 12.3 Å². The number of amides is 1. The molecule has 3 nitrogen and oxygen atoms in total. The van der Waals surface area contributed by atoms with Gasteiger partial charge in [0.2, 0.25) is 6.41 Å². The van der Waals surface area contributed by atoms with E-state index >= 15 is 0 Å². The van der Waals surface area contributed by atoms with Crippen molar-refractivity contribution in [2.24, 2.45) is 0 Å². The molecule has 0 aromatic heterocycles. The Kier molecular flexibility index (Phi) is 7.33. The van der Waals surface area contributed by atoms with E-state index in [0.717, 1.165) is 6.54 Å². The molecule has 0 aliphatic carbocycles. The quantitative estimate of drug-likeness (QED) is 0.451. The number of halogens is 1. The number of hydrogen-bond acceptors (Lipinski definition) is 2. The highest BCUT2D eigenvalue weighted by Gasteiger charge is 1.93. The fourth-order valence-corrected chi connectivity index (χ4v) is 0.794. The Balaban J connectivity index is 3.52. The van der Waals surface area contributed by atoms with Crippen molar-refractivity contribution >= 4 is 6.41 Å². The lowest BCUT2D eigenvalue weighted by Crippen LogP contribution is -2.27. The molecule has 0 aromatic carbocycles. The van der Waals surface area contributed by atoms with E-state index in [2.05, 4.69) is 5.32 Å². The molecule has 1 N–H and O–H groups in total. The number of allylic oxidation sites excluding steroid dienone is 1. The number of hydrogen-bond donors (Lipinski definition) is 1. The number of alkyl halides is 1. The number of likely N-dealkylation sites (N-methyl/N-ethyl adjacent to an activating group) is 1. The Hall–Kier alpha value is -1.06. The van der Waals surface area contributed by atoms with Gasteiger partial charge < -0.3 is 10.2 Å². The van der Waals surface area contributed by atoms with Crippen molar-refractivity contribution in [3.05, 3.63) is 12.3 Å². The van der Waals surface area contributed by atoms with E-state index in [-0.39, 0.29) is 0 Å². The summed E-state index contributed by atoms with van der Waals surface area (Å²) in [5.41, 5.74) is 0. The van der Waals surface area contributed by atoms with Gasteiger partial charge in [0, 0.05) is 19.6 Å². The van der Waals surface area contributed by atoms with Crippen LogP contribution in [-0.2, 0) is 4.79 Å². The van der Waals surface area contributed by atoms with Crippen molar-refractivity contribution < 1.29 is 9.18 Å². The lowest BCUT2D eigenvalue weighted by molar-refractivity contribution is -0.109. The summed E-state index contributed by atoms with van der Waals surface area (Å²) in [6.07, 6.45) is 3.81. The number of rotatable bonds is 7. The van der Waals surface area contributed by atoms with Crippen LogP contribution in [0, 0.1) is 0 Å². The first-order valence-electron chi connectivity index (χ1n) is 3.98. The highest BCUT2D eigenvalue weighted by Crippen LogP contribution is 1.88. The minimum Gasteiger partial charge on any atom is -0.376 e. The van der Waals surface area contributed by atoms with E-state index in [1.165, 1.54) is 6.08 Å². The second-order valence-corrected chi connectivity index (χ2v) is 2.24. The molecular formula is C8H15FN2O. The van der Waals surface area contributed by atoms with Crippen LogP contribution in [0.25, 0.3) is 0 Å². The Morgan fingerprint density at radius 2 is 2.33 bits per heavy atom. The van der Waals surface area contributed by atoms with Gasteiger partial charge in [0.15, 0.2) is 0 Å². The van der Waals surface area contributed by atoms with Gasteiger partial charge in [-0.25, -0.2) is 4.39 Å². The fraction of sp³-hybridized carbons (Fsp3) is 0.625. The number of nitrogens with zero attached hydrogens (tertiary/aromatic N) is 1. The molecule has 4 heteroatoms. The summed E-state index contributed by atoms with van der Waals surface area (Å²) in [6.45, 7) is 3.65. The molecule has 0 aromatic rings. The largest absolute Gasteiger partial charge is 0.376 e. The third-order valence-electron chi connectivity index (χ3n) is 1.44. The summed E-state index contributed by atoms with van der Waals surface area (Å²) in [5, 5.41) is 2.54. The summed E-state index contributed by atoms with van der Waals surface area (Å²) in [6, 6.07) is 0. The molecule has 0 unspecified atom stereocenters. The SMILES string of the molecule is CCN(/C=C/CF)CCNC=O. The smallest absolute Gasteiger partial charge is 0.207 e. The molecule has 0 saturated carbocycles. The molecular weight excluding hydrogens is 159 g/mol. The minimum absolute atomic E-state index is 0.447. The van der Waals surface area contributed by atoms with Crippen molar-refractivity contribution in [3.63, 3.8) is 0 Å². The maximum Gasteiger partial charge on any atom is 0.207 e. The molecule has 1 amide bonds. The Bertz CT molecular complexity index is 139. The molecule has 0 rings (SSSR count). The molecule has 0 saturated heterocycles. The molecule has 0 aliphatic rings. The second kappa shape index (κ2) is 8.04. The normalized spacial score (nSPS) is 10.2. The van der Waals surface area contributed by atoms with Gasteiger partial charge in [0.05, 0.1) is 0 Å². The van der Waals surface area contributed by atoms with Crippen molar-refractivity contribution in [2.45, 2.75) is 6.92 Å². The van der Waals surface area contributed by atoms with E-state index in [1.54, 1.807) is 6.20 Å². The van der Waals surface area contributed by atoms with Crippen LogP contribution in [0.3, 0.4) is 0 Å². The van der Waals surface area contributed by atoms with Crippen LogP contribution in [0.2, 0.25) is 0 Å². The summed E-state index contributed by atoms with van der Waals surface area (Å²) in [5.74, 6) is 0. The first kappa shape index (κ1) is 10.9. The monoisotopic (exact) mass is 174 g/mol. The van der Waals surface area contributed by atoms with Crippen LogP contribution < -0.4 is 5.32 Å². The predicted octanol–water partition coefficient (Wildman–Crippen LogP) is 0.537. The average Bonchev–Trinajstić information content (AvgIpc) is 2.11. The second-order valence-electron chi connectivity index (χ2n) is 2.24. The van der Waals surface area contributed by atoms with Crippen LogP contribution in [0.5, 0.6) is 0 Å². The van der Waals surface area contributed by atoms with Crippen LogP contribution in [0.1, 0.15) is 6.92 Å². The molecule has 0 bridgehead atoms. The van der Waals surface area contributed by atoms with Gasteiger partial charge in [-0.05, 0) is 19.2 Å². The summed E-state index contributed by atoms with van der Waals surface area (Å²) in [4.78, 5) is 11.8. The van der Waals surface area contributed by atoms with Gasteiger partial charge in [-0.3, -0.25) is 4.79 Å². The van der Waals surface area contributed by atoms with E-state index in [0.29, 0.717) is 19.5 Å². The van der Waals surface area contributed by atoms with Gasteiger partial charge in [0.25, 0.3) is 0 Å². The first-order valence-corrected chi connectivity index (χ1v) is 3.98. The van der Waals surface area contributed by atoms with Crippen LogP contribution in [-0.4, -0.2) is 37.6 Å². The number of carbonyl (C=O) groups is 1. The first-order chi connectivity index (χ1) is 5.85. The maximum atomic E-state index is 11.7. The number of carbonyl (C=O) groups excluding carboxylic acids is 1. The van der Waals surface area contributed by atoms with E-state index in [9.17, 15) is 9.18 Å². The molecule has 70 valence electrons. The zero-order valence-electron chi connectivity index (χ0n) is 7.29. The summed E-state index contributed by atoms with van der Waals surface area (Å²) < 4.78 is 11.7. The summed E-state index contributed by atoms with van der Waals surface area (Å²) in [7, 11) is 0. The van der Waals surface area contributed by atoms with E-state index in [1.807, 2.05) is 11.8 Å². The molecule has 0 fully saturated rings. The standard InChI is InChI=1S/C8H15FN2O/c1-2-11(6-3-4-9)7-5-10-8-12/h3,6,8H,2,4-5,7H2,1H3,(H,10,12)/b6-3+. The Labute approximate surface area is 72.2 Å². The van der Waals surface area contributed by atoms with Gasteiger partial charge in [-0.2, -0.15) is 0 Å². The topological polar surface area (TPSA) is 32.3 Å². The third kappa shape index (κ3) is 5.70. The zero-order chi connectivity index (χ0) is 9.23. The third-order valence-corrected chi connectivity index (χ3v) is 1.44. The fourth-order valence-electron chi connectivity index (χ4n) is 0.794. The predicted molar refractivity (Wildman–Crippen MR) is 46.4 cm³/mol. The molecule has 12 heavy (non-hydrogen) atoms. The molecule has 0 radical (unpaired) electrons. The minimum atomic E-state index is -0.447. The average molecular weight is 174 g/mol. The lowest BCUT2D eigenvalue weighted by atomic mass is 10.5. The van der Waals surface area contributed by atoms with Gasteiger partial charge in [0.1, 0.15) is 6.67 Å². The van der Waals surface area contributed by atoms with Crippen molar-refractivity contribution in [1.82, 2.24) is 10.2 Å². The van der Waals surface area contributed by atoms with Crippen molar-refractivity contribution in [3.8, 4) is 0 Å². The summed E-state index contributed by atoms with van der Waals surface area (Å²) >= 11 is 0. The molecule has 0 heterocycles. The van der Waals surface area contributed by atoms with E-state index < -0.39 is 6.67 Å². The van der Waals surface area contributed by atoms with Crippen molar-refractivity contribution in [1.29, 1.82) is 0 Å². The zero-order valence-corrected chi connectivity index (χ0v) is 7.29. The lowest BCUT2D eigenvalue weighted by Gasteiger charge is -2.16. The van der Waals surface area contributed by atoms with Crippen LogP contribution >= 0.6 is 0 Å². The van der Waals surface area contributed by atoms with Gasteiger partial charge >= 0.3 is 0 Å². The van der Waals surface area contributed by atoms with Crippen molar-refractivity contribution in [2.75, 3.05) is 26.3 Å². The molecule has 0 aliphatic heterocycles. The highest BCUT2D eigenvalue weighted by molar-refractivity contribution is 5.45. The van der Waals surface area contributed by atoms with Gasteiger partial charge in [-0.1, -0.05) is 0 Å². The number of nitrogens with one attached hydrogen (secondary N) is 1.